The number of hydrogen-bond acceptors (Lipinski definition) is 3. The number of rotatable bonds is 3. The standard InChI is InChI=1S/C17H19NOSSi/c1-19-15-10-9-12(21(2,3)4)11-13(15)17-18-14-7-5-6-8-16(14)20-17/h5-11H,1-4H3. The summed E-state index contributed by atoms with van der Waals surface area (Å²) in [6, 6.07) is 14.8. The van der Waals surface area contributed by atoms with Crippen molar-refractivity contribution in [3.05, 3.63) is 42.5 Å². The van der Waals surface area contributed by atoms with Gasteiger partial charge in [-0.3, -0.25) is 0 Å². The van der Waals surface area contributed by atoms with Gasteiger partial charge in [0.2, 0.25) is 0 Å². The predicted molar refractivity (Wildman–Crippen MR) is 94.6 cm³/mol. The Morgan fingerprint density at radius 3 is 2.48 bits per heavy atom. The summed E-state index contributed by atoms with van der Waals surface area (Å²) >= 11 is 1.72. The molecule has 0 bridgehead atoms. The van der Waals surface area contributed by atoms with Gasteiger partial charge in [0.15, 0.2) is 0 Å². The topological polar surface area (TPSA) is 22.1 Å². The molecule has 0 fully saturated rings. The van der Waals surface area contributed by atoms with Crippen LogP contribution in [0.25, 0.3) is 20.8 Å². The number of nitrogens with zero attached hydrogens (tertiary/aromatic N) is 1. The molecule has 0 N–H and O–H groups in total. The second-order valence-electron chi connectivity index (χ2n) is 6.15. The van der Waals surface area contributed by atoms with E-state index in [1.807, 2.05) is 6.07 Å². The molecule has 0 amide bonds. The van der Waals surface area contributed by atoms with E-state index >= 15 is 0 Å². The first-order chi connectivity index (χ1) is 9.99. The molecule has 108 valence electrons. The first kappa shape index (κ1) is 14.3. The number of aromatic nitrogens is 1. The number of ether oxygens (including phenoxy) is 1. The fourth-order valence-corrected chi connectivity index (χ4v) is 4.48. The lowest BCUT2D eigenvalue weighted by molar-refractivity contribution is 0.416. The number of para-hydroxylation sites is 1. The zero-order valence-corrected chi connectivity index (χ0v) is 14.6. The quantitative estimate of drug-likeness (QED) is 0.663. The van der Waals surface area contributed by atoms with Gasteiger partial charge >= 0.3 is 0 Å². The summed E-state index contributed by atoms with van der Waals surface area (Å²) in [7, 11) is 0.372. The predicted octanol–water partition coefficient (Wildman–Crippen LogP) is 4.52. The fraction of sp³-hybridized carbons (Fsp3) is 0.235. The molecular formula is C17H19NOSSi. The summed E-state index contributed by atoms with van der Waals surface area (Å²) in [4.78, 5) is 4.77. The van der Waals surface area contributed by atoms with Crippen LogP contribution in [0, 0.1) is 0 Å². The normalized spacial score (nSPS) is 11.8. The molecule has 21 heavy (non-hydrogen) atoms. The summed E-state index contributed by atoms with van der Waals surface area (Å²) in [5, 5.41) is 2.46. The van der Waals surface area contributed by atoms with Gasteiger partial charge in [-0.15, -0.1) is 11.3 Å². The fourth-order valence-electron chi connectivity index (χ4n) is 2.33. The molecule has 0 atom stereocenters. The van der Waals surface area contributed by atoms with Crippen LogP contribution in [0.1, 0.15) is 0 Å². The van der Waals surface area contributed by atoms with Crippen molar-refractivity contribution in [2.24, 2.45) is 0 Å². The summed E-state index contributed by atoms with van der Waals surface area (Å²) in [5.74, 6) is 0.899. The minimum absolute atomic E-state index is 0.899. The molecule has 1 heterocycles. The van der Waals surface area contributed by atoms with Gasteiger partial charge in [0.25, 0.3) is 0 Å². The van der Waals surface area contributed by atoms with E-state index < -0.39 is 8.07 Å². The molecule has 3 rings (SSSR count). The Labute approximate surface area is 130 Å². The van der Waals surface area contributed by atoms with Crippen LogP contribution in [0.3, 0.4) is 0 Å². The monoisotopic (exact) mass is 313 g/mol. The molecule has 0 saturated heterocycles. The molecule has 0 saturated carbocycles. The number of thiazole rings is 1. The minimum Gasteiger partial charge on any atom is -0.496 e. The molecule has 2 aromatic carbocycles. The number of fused-ring (bicyclic) bond motifs is 1. The smallest absolute Gasteiger partial charge is 0.129 e. The van der Waals surface area contributed by atoms with E-state index in [9.17, 15) is 0 Å². The highest BCUT2D eigenvalue weighted by Crippen LogP contribution is 2.35. The highest BCUT2D eigenvalue weighted by atomic mass is 32.1. The van der Waals surface area contributed by atoms with Gasteiger partial charge in [-0.05, 0) is 24.3 Å². The van der Waals surface area contributed by atoms with Crippen LogP contribution in [0.5, 0.6) is 5.75 Å². The van der Waals surface area contributed by atoms with E-state index in [4.69, 9.17) is 9.72 Å². The van der Waals surface area contributed by atoms with Gasteiger partial charge < -0.3 is 4.74 Å². The van der Waals surface area contributed by atoms with Crippen molar-refractivity contribution >= 4 is 34.8 Å². The van der Waals surface area contributed by atoms with Gasteiger partial charge in [0, 0.05) is 0 Å². The average molecular weight is 313 g/mol. The van der Waals surface area contributed by atoms with E-state index in [1.165, 1.54) is 9.89 Å². The van der Waals surface area contributed by atoms with Crippen LogP contribution >= 0.6 is 11.3 Å². The first-order valence-corrected chi connectivity index (χ1v) is 11.3. The zero-order chi connectivity index (χ0) is 15.0. The maximum Gasteiger partial charge on any atom is 0.129 e. The molecule has 0 unspecified atom stereocenters. The maximum atomic E-state index is 5.55. The van der Waals surface area contributed by atoms with Gasteiger partial charge in [-0.2, -0.15) is 0 Å². The highest BCUT2D eigenvalue weighted by molar-refractivity contribution is 7.21. The SMILES string of the molecule is COc1ccc([Si](C)(C)C)cc1-c1nc2ccccc2s1. The number of benzene rings is 2. The van der Waals surface area contributed by atoms with Gasteiger partial charge in [-0.1, -0.05) is 43.0 Å². The average Bonchev–Trinajstić information content (AvgIpc) is 2.89. The molecule has 1 aromatic heterocycles. The van der Waals surface area contributed by atoms with Crippen molar-refractivity contribution in [1.29, 1.82) is 0 Å². The van der Waals surface area contributed by atoms with Gasteiger partial charge in [0.1, 0.15) is 10.8 Å². The molecular weight excluding hydrogens is 294 g/mol. The summed E-state index contributed by atoms with van der Waals surface area (Å²) in [5.41, 5.74) is 2.16. The number of methoxy groups -OCH3 is 1. The second-order valence-corrected chi connectivity index (χ2v) is 12.3. The summed E-state index contributed by atoms with van der Waals surface area (Å²) in [6.45, 7) is 7.07. The third-order valence-corrected chi connectivity index (χ3v) is 6.70. The van der Waals surface area contributed by atoms with Crippen LogP contribution in [-0.2, 0) is 0 Å². The largest absolute Gasteiger partial charge is 0.496 e. The maximum absolute atomic E-state index is 5.55. The van der Waals surface area contributed by atoms with Crippen molar-refractivity contribution in [2.75, 3.05) is 7.11 Å². The third kappa shape index (κ3) is 2.73. The van der Waals surface area contributed by atoms with E-state index in [0.29, 0.717) is 0 Å². The first-order valence-electron chi connectivity index (χ1n) is 7.03. The molecule has 4 heteroatoms. The van der Waals surface area contributed by atoms with Crippen molar-refractivity contribution in [2.45, 2.75) is 19.6 Å². The van der Waals surface area contributed by atoms with Crippen LogP contribution in [0.2, 0.25) is 19.6 Å². The van der Waals surface area contributed by atoms with E-state index in [-0.39, 0.29) is 0 Å². The Morgan fingerprint density at radius 1 is 1.05 bits per heavy atom. The highest BCUT2D eigenvalue weighted by Gasteiger charge is 2.20. The van der Waals surface area contributed by atoms with Crippen LogP contribution < -0.4 is 9.92 Å². The lowest BCUT2D eigenvalue weighted by Crippen LogP contribution is -2.37. The Bertz CT molecular complexity index is 756. The molecule has 0 aliphatic rings. The summed E-state index contributed by atoms with van der Waals surface area (Å²) in [6.07, 6.45) is 0. The minimum atomic E-state index is -1.35. The lowest BCUT2D eigenvalue weighted by atomic mass is 10.2. The number of hydrogen-bond donors (Lipinski definition) is 0. The van der Waals surface area contributed by atoms with Crippen LogP contribution in [0.15, 0.2) is 42.5 Å². The molecule has 0 aliphatic carbocycles. The lowest BCUT2D eigenvalue weighted by Gasteiger charge is -2.18. The van der Waals surface area contributed by atoms with Crippen molar-refractivity contribution in [3.63, 3.8) is 0 Å². The van der Waals surface area contributed by atoms with Crippen molar-refractivity contribution in [3.8, 4) is 16.3 Å². The van der Waals surface area contributed by atoms with Gasteiger partial charge in [-0.25, -0.2) is 4.98 Å². The van der Waals surface area contributed by atoms with E-state index in [1.54, 1.807) is 18.4 Å². The van der Waals surface area contributed by atoms with Crippen molar-refractivity contribution in [1.82, 2.24) is 4.98 Å². The Hall–Kier alpha value is -1.65. The summed E-state index contributed by atoms with van der Waals surface area (Å²) < 4.78 is 6.76. The molecule has 0 spiro atoms. The molecule has 0 aliphatic heterocycles. The Balaban J connectivity index is 2.19. The Morgan fingerprint density at radius 2 is 1.81 bits per heavy atom. The van der Waals surface area contributed by atoms with Crippen molar-refractivity contribution < 1.29 is 4.74 Å². The third-order valence-electron chi connectivity index (χ3n) is 3.59. The second kappa shape index (κ2) is 5.28. The molecule has 3 aromatic rings. The van der Waals surface area contributed by atoms with Gasteiger partial charge in [0.05, 0.1) is 31.0 Å². The molecule has 0 radical (unpaired) electrons. The van der Waals surface area contributed by atoms with E-state index in [2.05, 4.69) is 56.0 Å². The van der Waals surface area contributed by atoms with Crippen LogP contribution in [-0.4, -0.2) is 20.2 Å². The van der Waals surface area contributed by atoms with Crippen LogP contribution in [0.4, 0.5) is 0 Å². The zero-order valence-electron chi connectivity index (χ0n) is 12.8. The van der Waals surface area contributed by atoms with E-state index in [0.717, 1.165) is 21.8 Å². The molecule has 2 nitrogen and oxygen atoms in total. The Kier molecular flexibility index (Phi) is 3.59.